The second-order valence-corrected chi connectivity index (χ2v) is 5.91. The number of carboxylic acid groups (broad SMARTS) is 1. The number of nitrogens with one attached hydrogen (secondary N) is 3. The molecular formula is C15H27N3O4. The largest absolute Gasteiger partial charge is 0.481 e. The first-order chi connectivity index (χ1) is 10.5. The Labute approximate surface area is 131 Å². The van der Waals surface area contributed by atoms with Crippen LogP contribution in [-0.4, -0.2) is 41.6 Å². The van der Waals surface area contributed by atoms with Crippen molar-refractivity contribution in [2.24, 2.45) is 0 Å². The molecule has 0 spiro atoms. The quantitative estimate of drug-likeness (QED) is 0.508. The molecule has 0 saturated heterocycles. The van der Waals surface area contributed by atoms with Gasteiger partial charge in [0.1, 0.15) is 0 Å². The van der Waals surface area contributed by atoms with Gasteiger partial charge >= 0.3 is 12.0 Å². The fraction of sp³-hybridized carbons (Fsp3) is 0.800. The van der Waals surface area contributed by atoms with Gasteiger partial charge in [-0.15, -0.1) is 0 Å². The van der Waals surface area contributed by atoms with Gasteiger partial charge in [-0.3, -0.25) is 9.59 Å². The number of carbonyl (C=O) groups is 3. The molecule has 0 bridgehead atoms. The summed E-state index contributed by atoms with van der Waals surface area (Å²) in [6.45, 7) is 2.08. The zero-order valence-corrected chi connectivity index (χ0v) is 13.2. The van der Waals surface area contributed by atoms with Gasteiger partial charge in [-0.05, 0) is 26.2 Å². The van der Waals surface area contributed by atoms with Crippen LogP contribution >= 0.6 is 0 Å². The van der Waals surface area contributed by atoms with E-state index in [1.165, 1.54) is 19.3 Å². The standard InChI is InChI=1S/C15H27N3O4/c1-11(10-14(20)21)17-13(19)8-5-9-16-15(22)18-12-6-3-2-4-7-12/h11-12H,2-10H2,1H3,(H,17,19)(H,20,21)(H2,16,18,22). The van der Waals surface area contributed by atoms with Gasteiger partial charge in [0.2, 0.25) is 5.91 Å². The molecule has 22 heavy (non-hydrogen) atoms. The third-order valence-corrected chi connectivity index (χ3v) is 3.69. The highest BCUT2D eigenvalue weighted by atomic mass is 16.4. The smallest absolute Gasteiger partial charge is 0.315 e. The molecule has 0 aliphatic heterocycles. The third kappa shape index (κ3) is 8.49. The topological polar surface area (TPSA) is 108 Å². The molecule has 0 heterocycles. The molecule has 7 heteroatoms. The van der Waals surface area contributed by atoms with E-state index in [0.29, 0.717) is 13.0 Å². The Morgan fingerprint density at radius 1 is 1.18 bits per heavy atom. The Balaban J connectivity index is 2.04. The molecule has 1 saturated carbocycles. The lowest BCUT2D eigenvalue weighted by molar-refractivity contribution is -0.137. The lowest BCUT2D eigenvalue weighted by atomic mass is 9.96. The number of hydrogen-bond donors (Lipinski definition) is 4. The highest BCUT2D eigenvalue weighted by molar-refractivity contribution is 5.77. The fourth-order valence-electron chi connectivity index (χ4n) is 2.59. The zero-order chi connectivity index (χ0) is 16.4. The molecule has 7 nitrogen and oxygen atoms in total. The highest BCUT2D eigenvalue weighted by Gasteiger charge is 2.15. The van der Waals surface area contributed by atoms with Crippen molar-refractivity contribution < 1.29 is 19.5 Å². The SMILES string of the molecule is CC(CC(=O)O)NC(=O)CCCNC(=O)NC1CCCCC1. The molecule has 1 fully saturated rings. The molecule has 0 aromatic rings. The molecule has 0 aromatic heterocycles. The number of aliphatic carboxylic acids is 1. The number of urea groups is 1. The molecule has 1 aliphatic rings. The van der Waals surface area contributed by atoms with E-state index < -0.39 is 5.97 Å². The van der Waals surface area contributed by atoms with Crippen LogP contribution in [0.2, 0.25) is 0 Å². The average molecular weight is 313 g/mol. The Morgan fingerprint density at radius 3 is 2.50 bits per heavy atom. The van der Waals surface area contributed by atoms with Gasteiger partial charge in [0.25, 0.3) is 0 Å². The van der Waals surface area contributed by atoms with Crippen LogP contribution < -0.4 is 16.0 Å². The van der Waals surface area contributed by atoms with Gasteiger partial charge in [0.15, 0.2) is 0 Å². The van der Waals surface area contributed by atoms with Crippen molar-refractivity contribution in [1.29, 1.82) is 0 Å². The number of hydrogen-bond acceptors (Lipinski definition) is 3. The summed E-state index contributed by atoms with van der Waals surface area (Å²) < 4.78 is 0. The molecule has 3 amide bonds. The Hall–Kier alpha value is -1.79. The van der Waals surface area contributed by atoms with Crippen LogP contribution in [0.25, 0.3) is 0 Å². The molecule has 0 aromatic carbocycles. The molecule has 1 unspecified atom stereocenters. The van der Waals surface area contributed by atoms with Crippen LogP contribution in [0.15, 0.2) is 0 Å². The molecule has 1 atom stereocenters. The summed E-state index contributed by atoms with van der Waals surface area (Å²) in [5.74, 6) is -1.13. The highest BCUT2D eigenvalue weighted by Crippen LogP contribution is 2.17. The molecule has 1 aliphatic carbocycles. The van der Waals surface area contributed by atoms with Crippen molar-refractivity contribution in [3.05, 3.63) is 0 Å². The first-order valence-corrected chi connectivity index (χ1v) is 8.03. The van der Waals surface area contributed by atoms with Crippen molar-refractivity contribution in [2.75, 3.05) is 6.54 Å². The second kappa shape index (κ2) is 10.0. The van der Waals surface area contributed by atoms with Crippen molar-refractivity contribution in [3.8, 4) is 0 Å². The van der Waals surface area contributed by atoms with E-state index in [-0.39, 0.29) is 36.9 Å². The minimum Gasteiger partial charge on any atom is -0.481 e. The first kappa shape index (κ1) is 18.3. The Morgan fingerprint density at radius 2 is 1.86 bits per heavy atom. The number of carbonyl (C=O) groups excluding carboxylic acids is 2. The summed E-state index contributed by atoms with van der Waals surface area (Å²) in [5, 5.41) is 16.9. The second-order valence-electron chi connectivity index (χ2n) is 5.91. The number of carboxylic acids is 1. The minimum atomic E-state index is -0.936. The predicted octanol–water partition coefficient (Wildman–Crippen LogP) is 1.38. The summed E-state index contributed by atoms with van der Waals surface area (Å²) in [4.78, 5) is 33.7. The zero-order valence-electron chi connectivity index (χ0n) is 13.2. The first-order valence-electron chi connectivity index (χ1n) is 8.03. The van der Waals surface area contributed by atoms with E-state index in [1.54, 1.807) is 6.92 Å². The normalized spacial score (nSPS) is 16.6. The monoisotopic (exact) mass is 313 g/mol. The Kier molecular flexibility index (Phi) is 8.32. The van der Waals surface area contributed by atoms with E-state index in [9.17, 15) is 14.4 Å². The molecule has 0 radical (unpaired) electrons. The minimum absolute atomic E-state index is 0.0895. The summed E-state index contributed by atoms with van der Waals surface area (Å²) in [6, 6.07) is -0.284. The molecule has 4 N–H and O–H groups in total. The number of amides is 3. The van der Waals surface area contributed by atoms with Crippen LogP contribution in [0.5, 0.6) is 0 Å². The van der Waals surface area contributed by atoms with Gasteiger partial charge in [-0.25, -0.2) is 4.79 Å². The van der Waals surface area contributed by atoms with Gasteiger partial charge in [0.05, 0.1) is 6.42 Å². The summed E-state index contributed by atoms with van der Waals surface area (Å²) in [6.07, 6.45) is 6.37. The van der Waals surface area contributed by atoms with Crippen LogP contribution in [0, 0.1) is 0 Å². The van der Waals surface area contributed by atoms with Gasteiger partial charge < -0.3 is 21.1 Å². The maximum Gasteiger partial charge on any atom is 0.315 e. The lowest BCUT2D eigenvalue weighted by Gasteiger charge is -2.22. The van der Waals surface area contributed by atoms with Gasteiger partial charge in [0, 0.05) is 25.0 Å². The van der Waals surface area contributed by atoms with E-state index in [4.69, 9.17) is 5.11 Å². The van der Waals surface area contributed by atoms with Crippen molar-refractivity contribution in [3.63, 3.8) is 0 Å². The van der Waals surface area contributed by atoms with Crippen LogP contribution in [0.3, 0.4) is 0 Å². The van der Waals surface area contributed by atoms with E-state index in [2.05, 4.69) is 16.0 Å². The molecule has 126 valence electrons. The molecular weight excluding hydrogens is 286 g/mol. The fourth-order valence-corrected chi connectivity index (χ4v) is 2.59. The predicted molar refractivity (Wildman–Crippen MR) is 82.5 cm³/mol. The third-order valence-electron chi connectivity index (χ3n) is 3.69. The van der Waals surface area contributed by atoms with Crippen LogP contribution in [0.1, 0.15) is 58.3 Å². The van der Waals surface area contributed by atoms with Crippen molar-refractivity contribution >= 4 is 17.9 Å². The van der Waals surface area contributed by atoms with Crippen molar-refractivity contribution in [1.82, 2.24) is 16.0 Å². The van der Waals surface area contributed by atoms with Crippen LogP contribution in [-0.2, 0) is 9.59 Å². The van der Waals surface area contributed by atoms with E-state index >= 15 is 0 Å². The summed E-state index contributed by atoms with van der Waals surface area (Å²) >= 11 is 0. The van der Waals surface area contributed by atoms with E-state index in [0.717, 1.165) is 12.8 Å². The average Bonchev–Trinajstić information content (AvgIpc) is 2.43. The summed E-state index contributed by atoms with van der Waals surface area (Å²) in [7, 11) is 0. The Bertz CT molecular complexity index is 381. The summed E-state index contributed by atoms with van der Waals surface area (Å²) in [5.41, 5.74) is 0. The maximum atomic E-state index is 11.7. The molecule has 1 rings (SSSR count). The van der Waals surface area contributed by atoms with Gasteiger partial charge in [-0.2, -0.15) is 0 Å². The van der Waals surface area contributed by atoms with E-state index in [1.807, 2.05) is 0 Å². The van der Waals surface area contributed by atoms with Crippen molar-refractivity contribution in [2.45, 2.75) is 70.4 Å². The number of rotatable bonds is 8. The lowest BCUT2D eigenvalue weighted by Crippen LogP contribution is -2.43. The maximum absolute atomic E-state index is 11.7. The van der Waals surface area contributed by atoms with Gasteiger partial charge in [-0.1, -0.05) is 19.3 Å². The van der Waals surface area contributed by atoms with Crippen LogP contribution in [0.4, 0.5) is 4.79 Å².